The molecule has 1 heterocycles. The Balaban J connectivity index is 1.31. The summed E-state index contributed by atoms with van der Waals surface area (Å²) in [6.45, 7) is 13.4. The van der Waals surface area contributed by atoms with Crippen LogP contribution in [0.1, 0.15) is 56.0 Å². The molecule has 56 heavy (non-hydrogen) atoms. The second-order valence-corrected chi connectivity index (χ2v) is 14.9. The molecule has 0 fully saturated rings. The van der Waals surface area contributed by atoms with E-state index in [4.69, 9.17) is 15.0 Å². The van der Waals surface area contributed by atoms with Crippen molar-refractivity contribution < 1.29 is 0 Å². The molecule has 0 spiro atoms. The standard InChI is InChI=1S/C52H46N4/c1-34-30-36(3)47(37(4)31-34)49(48-38(5)32-35(2)33-39(48)6)42-24-28-46(29-25-42)56(45-26-22-41(23-27-45)40-16-10-7-11-17-40)52-54-50(43-18-12-8-13-19-43)53-51(55-52)44-20-14-9-15-21-44/h7-33,49H,1-6H3. The monoisotopic (exact) mass is 726 g/mol. The number of nitrogens with zero attached hydrogens (tertiary/aromatic N) is 4. The Bertz CT molecular complexity index is 2450. The van der Waals surface area contributed by atoms with Gasteiger partial charge in [-0.3, -0.25) is 4.90 Å². The van der Waals surface area contributed by atoms with Crippen molar-refractivity contribution in [2.24, 2.45) is 0 Å². The van der Waals surface area contributed by atoms with E-state index in [0.717, 1.165) is 28.1 Å². The molecule has 0 saturated heterocycles. The molecule has 4 nitrogen and oxygen atoms in total. The summed E-state index contributed by atoms with van der Waals surface area (Å²) in [5, 5.41) is 0. The van der Waals surface area contributed by atoms with Gasteiger partial charge in [-0.05, 0) is 116 Å². The Morgan fingerprint density at radius 1 is 0.375 bits per heavy atom. The van der Waals surface area contributed by atoms with Gasteiger partial charge in [0.15, 0.2) is 11.6 Å². The van der Waals surface area contributed by atoms with Crippen LogP contribution in [0.4, 0.5) is 17.3 Å². The van der Waals surface area contributed by atoms with Gasteiger partial charge in [0.05, 0.1) is 0 Å². The topological polar surface area (TPSA) is 41.9 Å². The summed E-state index contributed by atoms with van der Waals surface area (Å²) < 4.78 is 0. The summed E-state index contributed by atoms with van der Waals surface area (Å²) in [4.78, 5) is 17.5. The molecular weight excluding hydrogens is 681 g/mol. The molecule has 0 unspecified atom stereocenters. The number of rotatable bonds is 9. The highest BCUT2D eigenvalue weighted by molar-refractivity contribution is 5.77. The van der Waals surface area contributed by atoms with Gasteiger partial charge < -0.3 is 0 Å². The maximum absolute atomic E-state index is 5.18. The second-order valence-electron chi connectivity index (χ2n) is 14.9. The molecule has 0 bridgehead atoms. The van der Waals surface area contributed by atoms with Gasteiger partial charge in [0.25, 0.3) is 0 Å². The van der Waals surface area contributed by atoms with Crippen molar-refractivity contribution in [3.63, 3.8) is 0 Å². The molecule has 1 aromatic heterocycles. The van der Waals surface area contributed by atoms with Gasteiger partial charge in [-0.1, -0.05) is 151 Å². The van der Waals surface area contributed by atoms with Crippen molar-refractivity contribution in [3.8, 4) is 33.9 Å². The molecule has 0 radical (unpaired) electrons. The molecule has 4 heteroatoms. The number of aryl methyl sites for hydroxylation is 6. The van der Waals surface area contributed by atoms with Crippen LogP contribution in [-0.2, 0) is 0 Å². The maximum Gasteiger partial charge on any atom is 0.238 e. The molecule has 0 saturated carbocycles. The fourth-order valence-corrected chi connectivity index (χ4v) is 8.30. The molecule has 8 rings (SSSR count). The van der Waals surface area contributed by atoms with Gasteiger partial charge in [0, 0.05) is 28.4 Å². The van der Waals surface area contributed by atoms with E-state index in [9.17, 15) is 0 Å². The lowest BCUT2D eigenvalue weighted by Gasteiger charge is -2.28. The minimum absolute atomic E-state index is 0.0652. The van der Waals surface area contributed by atoms with Gasteiger partial charge in [-0.2, -0.15) is 9.97 Å². The first-order chi connectivity index (χ1) is 27.2. The summed E-state index contributed by atoms with van der Waals surface area (Å²) in [6.07, 6.45) is 0. The first-order valence-electron chi connectivity index (χ1n) is 19.3. The predicted molar refractivity (Wildman–Crippen MR) is 233 cm³/mol. The van der Waals surface area contributed by atoms with Crippen LogP contribution in [0, 0.1) is 41.5 Å². The molecule has 0 amide bonds. The zero-order valence-electron chi connectivity index (χ0n) is 33.0. The molecule has 0 aliphatic carbocycles. The summed E-state index contributed by atoms with van der Waals surface area (Å²) in [5.74, 6) is 1.85. The van der Waals surface area contributed by atoms with Crippen molar-refractivity contribution in [2.45, 2.75) is 47.5 Å². The second kappa shape index (κ2) is 15.6. The number of aromatic nitrogens is 3. The number of hydrogen-bond acceptors (Lipinski definition) is 4. The molecule has 8 aromatic rings. The van der Waals surface area contributed by atoms with Crippen LogP contribution in [0.3, 0.4) is 0 Å². The minimum Gasteiger partial charge on any atom is -0.279 e. The average molecular weight is 727 g/mol. The van der Waals surface area contributed by atoms with Crippen molar-refractivity contribution >= 4 is 17.3 Å². The average Bonchev–Trinajstić information content (AvgIpc) is 3.21. The number of benzene rings is 7. The van der Waals surface area contributed by atoms with Crippen LogP contribution in [-0.4, -0.2) is 15.0 Å². The van der Waals surface area contributed by atoms with E-state index in [1.165, 1.54) is 55.6 Å². The third-order valence-electron chi connectivity index (χ3n) is 10.7. The summed E-state index contributed by atoms with van der Waals surface area (Å²) in [5.41, 5.74) is 17.9. The minimum atomic E-state index is 0.0652. The van der Waals surface area contributed by atoms with E-state index < -0.39 is 0 Å². The van der Waals surface area contributed by atoms with Crippen molar-refractivity contribution in [3.05, 3.63) is 214 Å². The van der Waals surface area contributed by atoms with E-state index in [2.05, 4.69) is 144 Å². The highest BCUT2D eigenvalue weighted by Crippen LogP contribution is 2.42. The van der Waals surface area contributed by atoms with E-state index in [0.29, 0.717) is 17.6 Å². The summed E-state index contributed by atoms with van der Waals surface area (Å²) in [6, 6.07) is 57.7. The Morgan fingerprint density at radius 2 is 0.732 bits per heavy atom. The first kappa shape index (κ1) is 36.3. The van der Waals surface area contributed by atoms with E-state index in [-0.39, 0.29) is 5.92 Å². The predicted octanol–water partition coefficient (Wildman–Crippen LogP) is 13.4. The van der Waals surface area contributed by atoms with Crippen LogP contribution in [0.2, 0.25) is 0 Å². The number of anilines is 3. The molecule has 274 valence electrons. The van der Waals surface area contributed by atoms with Gasteiger partial charge in [0.2, 0.25) is 5.95 Å². The Labute approximate surface area is 331 Å². The van der Waals surface area contributed by atoms with E-state index in [1.807, 2.05) is 66.7 Å². The quantitative estimate of drug-likeness (QED) is 0.139. The molecule has 0 aliphatic heterocycles. The van der Waals surface area contributed by atoms with Crippen LogP contribution >= 0.6 is 0 Å². The lowest BCUT2D eigenvalue weighted by molar-refractivity contribution is 0.919. The SMILES string of the molecule is Cc1cc(C)c(C(c2ccc(N(c3ccc(-c4ccccc4)cc3)c3nc(-c4ccccc4)nc(-c4ccccc4)n3)cc2)c2c(C)cc(C)cc2C)c(C)c1. The fraction of sp³-hybridized carbons (Fsp3) is 0.135. The van der Waals surface area contributed by atoms with Crippen LogP contribution < -0.4 is 4.90 Å². The normalized spacial score (nSPS) is 11.2. The first-order valence-corrected chi connectivity index (χ1v) is 19.3. The largest absolute Gasteiger partial charge is 0.279 e. The molecular formula is C52H46N4. The lowest BCUT2D eigenvalue weighted by Crippen LogP contribution is -2.16. The maximum atomic E-state index is 5.18. The molecule has 7 aromatic carbocycles. The Kier molecular flexibility index (Phi) is 10.1. The molecule has 0 N–H and O–H groups in total. The Morgan fingerprint density at radius 3 is 1.14 bits per heavy atom. The molecule has 0 atom stereocenters. The van der Waals surface area contributed by atoms with Crippen LogP contribution in [0.5, 0.6) is 0 Å². The van der Waals surface area contributed by atoms with Crippen LogP contribution in [0.25, 0.3) is 33.9 Å². The van der Waals surface area contributed by atoms with Crippen LogP contribution in [0.15, 0.2) is 164 Å². The zero-order chi connectivity index (χ0) is 38.8. The van der Waals surface area contributed by atoms with Crippen molar-refractivity contribution in [1.82, 2.24) is 15.0 Å². The van der Waals surface area contributed by atoms with Crippen molar-refractivity contribution in [2.75, 3.05) is 4.90 Å². The van der Waals surface area contributed by atoms with E-state index in [1.54, 1.807) is 0 Å². The smallest absolute Gasteiger partial charge is 0.238 e. The lowest BCUT2D eigenvalue weighted by atomic mass is 9.77. The van der Waals surface area contributed by atoms with Gasteiger partial charge in [-0.25, -0.2) is 4.98 Å². The molecule has 0 aliphatic rings. The van der Waals surface area contributed by atoms with Gasteiger partial charge >= 0.3 is 0 Å². The highest BCUT2D eigenvalue weighted by atomic mass is 15.3. The highest BCUT2D eigenvalue weighted by Gasteiger charge is 2.26. The van der Waals surface area contributed by atoms with Gasteiger partial charge in [-0.15, -0.1) is 0 Å². The van der Waals surface area contributed by atoms with E-state index >= 15 is 0 Å². The van der Waals surface area contributed by atoms with Gasteiger partial charge in [0.1, 0.15) is 0 Å². The van der Waals surface area contributed by atoms with Crippen molar-refractivity contribution in [1.29, 1.82) is 0 Å². The Hall–Kier alpha value is -6.65. The summed E-state index contributed by atoms with van der Waals surface area (Å²) >= 11 is 0. The third-order valence-corrected chi connectivity index (χ3v) is 10.7. The number of hydrogen-bond donors (Lipinski definition) is 0. The summed E-state index contributed by atoms with van der Waals surface area (Å²) in [7, 11) is 0. The fourth-order valence-electron chi connectivity index (χ4n) is 8.30. The zero-order valence-corrected chi connectivity index (χ0v) is 33.0. The third kappa shape index (κ3) is 7.39.